The van der Waals surface area contributed by atoms with E-state index in [1.807, 2.05) is 6.07 Å². The van der Waals surface area contributed by atoms with Gasteiger partial charge in [0.15, 0.2) is 0 Å². The van der Waals surface area contributed by atoms with Crippen molar-refractivity contribution in [3.05, 3.63) is 41.1 Å². The van der Waals surface area contributed by atoms with E-state index >= 15 is 0 Å². The van der Waals surface area contributed by atoms with E-state index in [0.29, 0.717) is 11.1 Å². The van der Waals surface area contributed by atoms with Gasteiger partial charge in [-0.1, -0.05) is 18.2 Å². The minimum Gasteiger partial charge on any atom is -0.250 e. The lowest BCUT2D eigenvalue weighted by molar-refractivity contribution is -0.158. The van der Waals surface area contributed by atoms with E-state index in [0.717, 1.165) is 5.39 Å². The summed E-state index contributed by atoms with van der Waals surface area (Å²) in [5.41, 5.74) is 1.52. The van der Waals surface area contributed by atoms with Crippen LogP contribution in [-0.2, 0) is 6.54 Å². The molecule has 98 valence electrons. The first-order chi connectivity index (χ1) is 8.92. The van der Waals surface area contributed by atoms with Crippen molar-refractivity contribution in [1.29, 1.82) is 5.26 Å². The molecule has 0 atom stereocenters. The number of aromatic nitrogens is 1. The molecule has 2 rings (SSSR count). The van der Waals surface area contributed by atoms with E-state index in [9.17, 15) is 13.2 Å². The van der Waals surface area contributed by atoms with Gasteiger partial charge in [-0.15, -0.1) is 0 Å². The van der Waals surface area contributed by atoms with Crippen molar-refractivity contribution in [3.8, 4) is 6.07 Å². The van der Waals surface area contributed by atoms with Crippen LogP contribution in [0.4, 0.5) is 13.2 Å². The fraction of sp³-hybridized carbons (Fsp3) is 0.231. The maximum Gasteiger partial charge on any atom is 0.457 e. The smallest absolute Gasteiger partial charge is 0.250 e. The maximum atomic E-state index is 12.2. The molecule has 19 heavy (non-hydrogen) atoms. The Morgan fingerprint density at radius 3 is 2.63 bits per heavy atom. The van der Waals surface area contributed by atoms with Gasteiger partial charge in [0.25, 0.3) is 0 Å². The molecule has 0 saturated carbocycles. The van der Waals surface area contributed by atoms with Gasteiger partial charge < -0.3 is 0 Å². The second-order valence-corrected chi connectivity index (χ2v) is 4.04. The number of nitriles is 1. The Morgan fingerprint density at radius 1 is 1.32 bits per heavy atom. The van der Waals surface area contributed by atoms with E-state index in [-0.39, 0.29) is 11.3 Å². The lowest BCUT2D eigenvalue weighted by Gasteiger charge is -2.12. The molecule has 0 aliphatic carbocycles. The van der Waals surface area contributed by atoms with Crippen LogP contribution in [-0.4, -0.2) is 11.3 Å². The number of rotatable bonds is 2. The van der Waals surface area contributed by atoms with E-state index in [1.165, 1.54) is 5.32 Å². The Hall–Kier alpha value is -2.13. The lowest BCUT2D eigenvalue weighted by Crippen LogP contribution is -2.31. The van der Waals surface area contributed by atoms with Crippen LogP contribution < -0.4 is 5.32 Å². The summed E-state index contributed by atoms with van der Waals surface area (Å²) in [6, 6.07) is 8.97. The molecule has 1 aromatic heterocycles. The second-order valence-electron chi connectivity index (χ2n) is 4.04. The van der Waals surface area contributed by atoms with E-state index in [1.54, 1.807) is 31.2 Å². The van der Waals surface area contributed by atoms with Gasteiger partial charge in [-0.3, -0.25) is 4.98 Å². The highest BCUT2D eigenvalue weighted by Crippen LogP contribution is 2.23. The molecule has 0 spiro atoms. The molecule has 0 fully saturated rings. The molecule has 0 aliphatic heterocycles. The fourth-order valence-corrected chi connectivity index (χ4v) is 1.90. The predicted octanol–water partition coefficient (Wildman–Crippen LogP) is 3.02. The van der Waals surface area contributed by atoms with Gasteiger partial charge in [-0.05, 0) is 18.6 Å². The van der Waals surface area contributed by atoms with Crippen molar-refractivity contribution < 1.29 is 13.2 Å². The Kier molecular flexibility index (Phi) is 3.40. The largest absolute Gasteiger partial charge is 0.457 e. The van der Waals surface area contributed by atoms with Gasteiger partial charge in [0.1, 0.15) is 6.07 Å². The minimum absolute atomic E-state index is 0.107. The Morgan fingerprint density at radius 2 is 2.00 bits per heavy atom. The monoisotopic (exact) mass is 265 g/mol. The van der Waals surface area contributed by atoms with Crippen LogP contribution in [0.2, 0.25) is 0 Å². The lowest BCUT2D eigenvalue weighted by atomic mass is 10.0. The molecule has 0 aliphatic rings. The summed E-state index contributed by atoms with van der Waals surface area (Å²) in [7, 11) is 0. The van der Waals surface area contributed by atoms with Crippen LogP contribution in [0, 0.1) is 18.3 Å². The number of halogens is 3. The van der Waals surface area contributed by atoms with Gasteiger partial charge in [-0.2, -0.15) is 18.4 Å². The summed E-state index contributed by atoms with van der Waals surface area (Å²) < 4.78 is 36.5. The first-order valence-electron chi connectivity index (χ1n) is 5.52. The number of fused-ring (bicyclic) bond motifs is 1. The number of hydrogen-bond acceptors (Lipinski definition) is 3. The first kappa shape index (κ1) is 13.3. The maximum absolute atomic E-state index is 12.2. The third-order valence-corrected chi connectivity index (χ3v) is 2.80. The zero-order valence-electron chi connectivity index (χ0n) is 10.0. The van der Waals surface area contributed by atoms with Crippen LogP contribution >= 0.6 is 0 Å². The predicted molar refractivity (Wildman–Crippen MR) is 64.1 cm³/mol. The summed E-state index contributed by atoms with van der Waals surface area (Å²) in [6.07, 6.45) is -4.49. The number of hydrogen-bond donors (Lipinski definition) is 1. The fourth-order valence-electron chi connectivity index (χ4n) is 1.90. The van der Waals surface area contributed by atoms with Crippen LogP contribution in [0.5, 0.6) is 0 Å². The van der Waals surface area contributed by atoms with Gasteiger partial charge in [-0.25, -0.2) is 5.32 Å². The molecule has 1 heterocycles. The van der Waals surface area contributed by atoms with Gasteiger partial charge in [0.2, 0.25) is 0 Å². The average molecular weight is 265 g/mol. The SMILES string of the molecule is Cc1c(C#N)c(CNC(F)(F)F)nc2ccccc12. The van der Waals surface area contributed by atoms with Crippen molar-refractivity contribution in [2.75, 3.05) is 0 Å². The summed E-state index contributed by atoms with van der Waals surface area (Å²) in [5.74, 6) is 0. The quantitative estimate of drug-likeness (QED) is 0.849. The number of para-hydroxylation sites is 1. The summed E-state index contributed by atoms with van der Waals surface area (Å²) >= 11 is 0. The molecule has 0 saturated heterocycles. The minimum atomic E-state index is -4.49. The molecule has 2 aromatic rings. The molecule has 0 bridgehead atoms. The second kappa shape index (κ2) is 4.86. The van der Waals surface area contributed by atoms with Gasteiger partial charge in [0, 0.05) is 11.9 Å². The third-order valence-electron chi connectivity index (χ3n) is 2.80. The summed E-state index contributed by atoms with van der Waals surface area (Å²) in [4.78, 5) is 4.12. The van der Waals surface area contributed by atoms with E-state index in [2.05, 4.69) is 4.98 Å². The third kappa shape index (κ3) is 2.83. The van der Waals surface area contributed by atoms with E-state index < -0.39 is 12.8 Å². The van der Waals surface area contributed by atoms with Crippen molar-refractivity contribution in [2.45, 2.75) is 19.8 Å². The standard InChI is InChI=1S/C13H10F3N3/c1-8-9-4-2-3-5-11(9)19-12(10(8)6-17)7-18-13(14,15)16/h2-5,18H,7H2,1H3. The zero-order valence-corrected chi connectivity index (χ0v) is 10.0. The van der Waals surface area contributed by atoms with Gasteiger partial charge >= 0.3 is 6.30 Å². The van der Waals surface area contributed by atoms with E-state index in [4.69, 9.17) is 5.26 Å². The first-order valence-corrected chi connectivity index (χ1v) is 5.52. The number of aryl methyl sites for hydroxylation is 1. The van der Waals surface area contributed by atoms with Crippen molar-refractivity contribution in [3.63, 3.8) is 0 Å². The Balaban J connectivity index is 2.52. The number of pyridine rings is 1. The highest BCUT2D eigenvalue weighted by molar-refractivity contribution is 5.84. The molecule has 0 amide bonds. The molecule has 3 nitrogen and oxygen atoms in total. The average Bonchev–Trinajstić information content (AvgIpc) is 2.36. The molecule has 0 unspecified atom stereocenters. The number of nitrogens with one attached hydrogen (secondary N) is 1. The Labute approximate surface area is 107 Å². The van der Waals surface area contributed by atoms with Crippen molar-refractivity contribution >= 4 is 10.9 Å². The topological polar surface area (TPSA) is 48.7 Å². The molecule has 0 radical (unpaired) electrons. The molecular formula is C13H10F3N3. The summed E-state index contributed by atoms with van der Waals surface area (Å²) in [5, 5.41) is 11.3. The van der Waals surface area contributed by atoms with Crippen LogP contribution in [0.25, 0.3) is 10.9 Å². The molecular weight excluding hydrogens is 255 g/mol. The van der Waals surface area contributed by atoms with Crippen LogP contribution in [0.3, 0.4) is 0 Å². The van der Waals surface area contributed by atoms with Crippen LogP contribution in [0.1, 0.15) is 16.8 Å². The number of benzene rings is 1. The normalized spacial score (nSPS) is 11.5. The molecule has 6 heteroatoms. The number of nitrogens with zero attached hydrogens (tertiary/aromatic N) is 2. The van der Waals surface area contributed by atoms with Crippen molar-refractivity contribution in [1.82, 2.24) is 10.3 Å². The van der Waals surface area contributed by atoms with Crippen LogP contribution in [0.15, 0.2) is 24.3 Å². The number of alkyl halides is 3. The Bertz CT molecular complexity index is 656. The highest BCUT2D eigenvalue weighted by atomic mass is 19.4. The van der Waals surface area contributed by atoms with Gasteiger partial charge in [0.05, 0.1) is 16.8 Å². The summed E-state index contributed by atoms with van der Waals surface area (Å²) in [6.45, 7) is 1.19. The molecule has 1 N–H and O–H groups in total. The zero-order chi connectivity index (χ0) is 14.0. The van der Waals surface area contributed by atoms with Crippen molar-refractivity contribution in [2.24, 2.45) is 0 Å². The molecule has 1 aromatic carbocycles. The highest BCUT2D eigenvalue weighted by Gasteiger charge is 2.27.